The Labute approximate surface area is 190 Å². The Balaban J connectivity index is 5.12. The Kier molecular flexibility index (Phi) is 14.5. The third-order valence-corrected chi connectivity index (χ3v) is 13.2. The van der Waals surface area contributed by atoms with E-state index in [4.69, 9.17) is 4.12 Å². The molecule has 186 valence electrons. The zero-order valence-electron chi connectivity index (χ0n) is 19.5. The van der Waals surface area contributed by atoms with Gasteiger partial charge in [0.2, 0.25) is 0 Å². The van der Waals surface area contributed by atoms with Gasteiger partial charge in [0.15, 0.2) is 14.9 Å². The summed E-state index contributed by atoms with van der Waals surface area (Å²) < 4.78 is 28.5. The van der Waals surface area contributed by atoms with Crippen LogP contribution in [0.4, 0.5) is 0 Å². The van der Waals surface area contributed by atoms with E-state index in [1.165, 1.54) is 0 Å². The maximum atomic E-state index is 12.7. The molecule has 0 aromatic carbocycles. The first-order valence-corrected chi connectivity index (χ1v) is 18.4. The van der Waals surface area contributed by atoms with Crippen LogP contribution in [0.25, 0.3) is 0 Å². The largest absolute Gasteiger partial charge is 0.463 e. The molecule has 0 aromatic rings. The molecule has 31 heavy (non-hydrogen) atoms. The van der Waals surface area contributed by atoms with Gasteiger partial charge in [0.05, 0.1) is 32.0 Å². The third kappa shape index (κ3) is 17.3. The fraction of sp³-hybridized carbons (Fsp3) is 0.941. The van der Waals surface area contributed by atoms with Gasteiger partial charge in [-0.25, -0.2) is 0 Å². The summed E-state index contributed by atoms with van der Waals surface area (Å²) in [7, 11) is -9.20. The van der Waals surface area contributed by atoms with E-state index in [0.29, 0.717) is 36.7 Å². The van der Waals surface area contributed by atoms with Crippen LogP contribution in [0.2, 0.25) is 19.1 Å². The topological polar surface area (TPSA) is 153 Å². The molecule has 0 spiro atoms. The summed E-state index contributed by atoms with van der Waals surface area (Å²) in [6, 6.07) is 0.956. The van der Waals surface area contributed by atoms with E-state index >= 15 is 0 Å². The van der Waals surface area contributed by atoms with Crippen molar-refractivity contribution in [1.82, 2.24) is 5.32 Å². The van der Waals surface area contributed by atoms with Gasteiger partial charge in [0.1, 0.15) is 10.5 Å². The predicted octanol–water partition coefficient (Wildman–Crippen LogP) is 0.747. The number of carbonyl (C=O) groups excluding carboxylic acids is 1. The van der Waals surface area contributed by atoms with Gasteiger partial charge in [0.25, 0.3) is 5.91 Å². The van der Waals surface area contributed by atoms with Crippen LogP contribution in [-0.4, -0.2) is 93.8 Å². The highest BCUT2D eigenvalue weighted by Crippen LogP contribution is 2.36. The molecule has 0 fully saturated rings. The summed E-state index contributed by atoms with van der Waals surface area (Å²) in [5, 5.41) is 2.94. The van der Waals surface area contributed by atoms with Gasteiger partial charge in [-0.15, -0.1) is 0 Å². The lowest BCUT2D eigenvalue weighted by Crippen LogP contribution is -2.55. The molecule has 0 radical (unpaired) electrons. The zero-order valence-corrected chi connectivity index (χ0v) is 24.2. The molecule has 0 unspecified atom stereocenters. The number of rotatable bonds is 18. The van der Waals surface area contributed by atoms with Crippen LogP contribution in [0.1, 0.15) is 39.0 Å². The normalized spacial score (nSPS) is 13.5. The summed E-state index contributed by atoms with van der Waals surface area (Å²) in [6.45, 7) is 8.39. The highest BCUT2D eigenvalue weighted by Gasteiger charge is 2.31. The molecule has 0 bridgehead atoms. The van der Waals surface area contributed by atoms with Crippen LogP contribution in [0.5, 0.6) is 0 Å². The van der Waals surface area contributed by atoms with Gasteiger partial charge >= 0.3 is 15.2 Å². The van der Waals surface area contributed by atoms with Crippen molar-refractivity contribution in [2.75, 3.05) is 45.0 Å². The van der Waals surface area contributed by atoms with Gasteiger partial charge in [-0.3, -0.25) is 13.9 Å². The molecule has 0 aliphatic rings. The van der Waals surface area contributed by atoms with Crippen LogP contribution >= 0.6 is 15.2 Å². The quantitative estimate of drug-likeness (QED) is 0.0766. The second kappa shape index (κ2) is 14.4. The average Bonchev–Trinajstić information content (AvgIpc) is 2.61. The average molecular weight is 522 g/mol. The summed E-state index contributed by atoms with van der Waals surface area (Å²) in [4.78, 5) is 49.5. The van der Waals surface area contributed by atoms with E-state index in [2.05, 4.69) is 18.4 Å². The standard InChI is InChI=1S/C17H42N2O8P2Si2/c1-4-5-10-19(11-7-13-28(21,22)23,12-8-14-29(24,25)26)16-17(20)18-9-6-15-31(2,3)27-30/h4-16H2,1-3,30H3,(H4-,18,20,21,22,23,24,25,26)/p+1. The maximum Gasteiger partial charge on any atom is 0.325 e. The highest BCUT2D eigenvalue weighted by molar-refractivity contribution is 7.52. The molecular formula is C17H43N2O8P2Si2+. The number of hydrogen-bond donors (Lipinski definition) is 5. The van der Waals surface area contributed by atoms with Crippen molar-refractivity contribution in [3.05, 3.63) is 0 Å². The molecule has 0 rings (SSSR count). The monoisotopic (exact) mass is 521 g/mol. The lowest BCUT2D eigenvalue weighted by Gasteiger charge is -2.38. The van der Waals surface area contributed by atoms with Gasteiger partial charge in [-0.2, -0.15) is 0 Å². The van der Waals surface area contributed by atoms with E-state index in [9.17, 15) is 33.5 Å². The number of hydrogen-bond acceptors (Lipinski definition) is 4. The molecule has 0 heterocycles. The minimum Gasteiger partial charge on any atom is -0.463 e. The van der Waals surface area contributed by atoms with Gasteiger partial charge in [-0.1, -0.05) is 13.3 Å². The number of unbranched alkanes of at least 4 members (excludes halogenated alkanes) is 1. The van der Waals surface area contributed by atoms with Crippen molar-refractivity contribution in [2.24, 2.45) is 0 Å². The molecule has 14 heteroatoms. The molecule has 0 aliphatic heterocycles. The molecule has 10 nitrogen and oxygen atoms in total. The Morgan fingerprint density at radius 3 is 1.87 bits per heavy atom. The minimum atomic E-state index is -4.15. The molecule has 0 aliphatic carbocycles. The minimum absolute atomic E-state index is 0.139. The number of quaternary nitrogens is 1. The lowest BCUT2D eigenvalue weighted by atomic mass is 10.2. The lowest BCUT2D eigenvalue weighted by molar-refractivity contribution is -0.921. The van der Waals surface area contributed by atoms with Crippen molar-refractivity contribution < 1.29 is 42.1 Å². The van der Waals surface area contributed by atoms with Crippen LogP contribution in [-0.2, 0) is 18.0 Å². The number of nitrogens with one attached hydrogen (secondary N) is 1. The van der Waals surface area contributed by atoms with E-state index in [-0.39, 0.29) is 42.1 Å². The SMILES string of the molecule is CCCC[N+](CCCP(=O)(O)O)(CCCP(=O)(O)O)CC(=O)NCCC[Si](C)(C)O[SiH3]. The van der Waals surface area contributed by atoms with Crippen LogP contribution in [0.15, 0.2) is 0 Å². The first-order valence-electron chi connectivity index (χ1n) is 10.9. The first-order chi connectivity index (χ1) is 14.1. The Morgan fingerprint density at radius 2 is 1.45 bits per heavy atom. The van der Waals surface area contributed by atoms with Crippen molar-refractivity contribution in [2.45, 2.75) is 58.2 Å². The van der Waals surface area contributed by atoms with Crippen molar-refractivity contribution >= 4 is 39.9 Å². The Morgan fingerprint density at radius 1 is 0.968 bits per heavy atom. The molecule has 5 N–H and O–H groups in total. The highest BCUT2D eigenvalue weighted by atomic mass is 31.2. The number of carbonyl (C=O) groups is 1. The molecule has 0 saturated heterocycles. The van der Waals surface area contributed by atoms with E-state index in [0.717, 1.165) is 25.3 Å². The molecule has 1 amide bonds. The van der Waals surface area contributed by atoms with Gasteiger partial charge in [0, 0.05) is 19.4 Å². The zero-order chi connectivity index (χ0) is 24.2. The molecule has 0 atom stereocenters. The molecule has 0 saturated carbocycles. The molecule has 0 aromatic heterocycles. The smallest absolute Gasteiger partial charge is 0.325 e. The molecular weight excluding hydrogens is 478 g/mol. The van der Waals surface area contributed by atoms with Crippen molar-refractivity contribution in [3.63, 3.8) is 0 Å². The fourth-order valence-corrected chi connectivity index (χ4v) is 6.45. The van der Waals surface area contributed by atoms with Crippen LogP contribution < -0.4 is 5.32 Å². The first kappa shape index (κ1) is 31.1. The van der Waals surface area contributed by atoms with E-state index < -0.39 is 23.5 Å². The second-order valence-corrected chi connectivity index (χ2v) is 18.1. The van der Waals surface area contributed by atoms with Crippen molar-refractivity contribution in [1.29, 1.82) is 0 Å². The van der Waals surface area contributed by atoms with Crippen LogP contribution in [0.3, 0.4) is 0 Å². The summed E-state index contributed by atoms with van der Waals surface area (Å²) in [5.74, 6) is -0.144. The van der Waals surface area contributed by atoms with Gasteiger partial charge in [-0.05, 0) is 32.0 Å². The third-order valence-electron chi connectivity index (χ3n) is 5.46. The number of amides is 1. The van der Waals surface area contributed by atoms with Crippen molar-refractivity contribution in [3.8, 4) is 0 Å². The van der Waals surface area contributed by atoms with E-state index in [1.54, 1.807) is 0 Å². The Bertz CT molecular complexity index is 599. The van der Waals surface area contributed by atoms with Crippen LogP contribution in [0, 0.1) is 0 Å². The van der Waals surface area contributed by atoms with E-state index in [1.807, 2.05) is 6.92 Å². The summed E-state index contributed by atoms with van der Waals surface area (Å²) >= 11 is 0. The maximum absolute atomic E-state index is 12.7. The summed E-state index contributed by atoms with van der Waals surface area (Å²) in [6.07, 6.45) is 2.50. The summed E-state index contributed by atoms with van der Waals surface area (Å²) in [5.41, 5.74) is 0. The Hall–Kier alpha value is 0.124. The predicted molar refractivity (Wildman–Crippen MR) is 129 cm³/mol. The fourth-order valence-electron chi connectivity index (χ4n) is 3.49. The number of nitrogens with zero attached hydrogens (tertiary/aromatic N) is 1. The second-order valence-electron chi connectivity index (χ2n) is 8.93. The van der Waals surface area contributed by atoms with Gasteiger partial charge < -0.3 is 33.5 Å².